The van der Waals surface area contributed by atoms with Crippen molar-refractivity contribution in [2.24, 2.45) is 0 Å². The second-order valence-corrected chi connectivity index (χ2v) is 1.93. The van der Waals surface area contributed by atoms with Crippen molar-refractivity contribution in [2.75, 3.05) is 0 Å². The second kappa shape index (κ2) is 10.7. The van der Waals surface area contributed by atoms with Gasteiger partial charge in [0.2, 0.25) is 0 Å². The van der Waals surface area contributed by atoms with Crippen LogP contribution in [0, 0.1) is 11.3 Å². The molecule has 0 rings (SSSR count). The average molecular weight is 179 g/mol. The molecule has 0 radical (unpaired) electrons. The van der Waals surface area contributed by atoms with Crippen LogP contribution in [0.25, 0.3) is 0 Å². The molecule has 0 aliphatic heterocycles. The Morgan fingerprint density at radius 1 is 1.54 bits per heavy atom. The summed E-state index contributed by atoms with van der Waals surface area (Å²) in [7, 11) is 0. The monoisotopic (exact) mass is 179 g/mol. The molecule has 0 fully saturated rings. The number of rotatable bonds is 3. The molecule has 0 aliphatic carbocycles. The molecule has 0 amide bonds. The van der Waals surface area contributed by atoms with Crippen molar-refractivity contribution >= 4 is 0 Å². The zero-order chi connectivity index (χ0) is 10.7. The third-order valence-electron chi connectivity index (χ3n) is 1.11. The van der Waals surface area contributed by atoms with E-state index in [1.165, 1.54) is 6.08 Å². The number of aliphatic hydroxyl groups is 1. The summed E-state index contributed by atoms with van der Waals surface area (Å²) in [6, 6.07) is 1.72. The lowest BCUT2D eigenvalue weighted by Crippen LogP contribution is -2.04. The Morgan fingerprint density at radius 2 is 2.08 bits per heavy atom. The SMILES string of the molecule is C=C/C=C(\C=C/C)C(O)C#N.CC. The van der Waals surface area contributed by atoms with Crippen LogP contribution in [0.4, 0.5) is 0 Å². The minimum atomic E-state index is -1.05. The molecule has 1 atom stereocenters. The van der Waals surface area contributed by atoms with E-state index in [1.54, 1.807) is 24.3 Å². The Labute approximate surface area is 80.5 Å². The first kappa shape index (κ1) is 14.2. The topological polar surface area (TPSA) is 44.0 Å². The molecule has 13 heavy (non-hydrogen) atoms. The molecule has 2 nitrogen and oxygen atoms in total. The summed E-state index contributed by atoms with van der Waals surface area (Å²) in [4.78, 5) is 0. The van der Waals surface area contributed by atoms with Gasteiger partial charge in [-0.25, -0.2) is 0 Å². The molecule has 0 aromatic heterocycles. The van der Waals surface area contributed by atoms with Gasteiger partial charge in [-0.3, -0.25) is 0 Å². The molecular formula is C11H17NO. The summed E-state index contributed by atoms with van der Waals surface area (Å²) in [5.74, 6) is 0. The van der Waals surface area contributed by atoms with E-state index in [0.717, 1.165) is 0 Å². The number of nitriles is 1. The van der Waals surface area contributed by atoms with E-state index in [4.69, 9.17) is 10.4 Å². The zero-order valence-electron chi connectivity index (χ0n) is 8.49. The smallest absolute Gasteiger partial charge is 0.165 e. The minimum absolute atomic E-state index is 0.560. The van der Waals surface area contributed by atoms with Crippen LogP contribution in [-0.4, -0.2) is 11.2 Å². The van der Waals surface area contributed by atoms with Gasteiger partial charge in [0, 0.05) is 0 Å². The highest BCUT2D eigenvalue weighted by Crippen LogP contribution is 2.03. The van der Waals surface area contributed by atoms with Crippen molar-refractivity contribution < 1.29 is 5.11 Å². The highest BCUT2D eigenvalue weighted by Gasteiger charge is 2.03. The summed E-state index contributed by atoms with van der Waals surface area (Å²) >= 11 is 0. The van der Waals surface area contributed by atoms with Crippen molar-refractivity contribution in [1.82, 2.24) is 0 Å². The number of nitrogens with zero attached hydrogens (tertiary/aromatic N) is 1. The van der Waals surface area contributed by atoms with E-state index in [1.807, 2.05) is 20.8 Å². The van der Waals surface area contributed by atoms with Crippen molar-refractivity contribution in [2.45, 2.75) is 26.9 Å². The van der Waals surface area contributed by atoms with Crippen LogP contribution in [0.5, 0.6) is 0 Å². The van der Waals surface area contributed by atoms with Crippen molar-refractivity contribution in [1.29, 1.82) is 5.26 Å². The molecule has 0 bridgehead atoms. The van der Waals surface area contributed by atoms with Gasteiger partial charge in [-0.2, -0.15) is 5.26 Å². The van der Waals surface area contributed by atoms with E-state index >= 15 is 0 Å². The van der Waals surface area contributed by atoms with Crippen LogP contribution in [0.2, 0.25) is 0 Å². The standard InChI is InChI=1S/C9H11NO.C2H6/c1-3-5-8(6-4-2)9(11)7-10;1-2/h3-6,9,11H,1H2,2H3;1-2H3/b6-4-,8-5+;. The first-order valence-electron chi connectivity index (χ1n) is 4.29. The number of allylic oxidation sites excluding steroid dienone is 3. The quantitative estimate of drug-likeness (QED) is 0.534. The fourth-order valence-electron chi connectivity index (χ4n) is 0.641. The fraction of sp³-hybridized carbons (Fsp3) is 0.364. The van der Waals surface area contributed by atoms with Gasteiger partial charge in [0.25, 0.3) is 0 Å². The van der Waals surface area contributed by atoms with Crippen molar-refractivity contribution in [3.63, 3.8) is 0 Å². The maximum atomic E-state index is 9.05. The third kappa shape index (κ3) is 7.04. The summed E-state index contributed by atoms with van der Waals surface area (Å²) in [5.41, 5.74) is 0.560. The van der Waals surface area contributed by atoms with Gasteiger partial charge >= 0.3 is 0 Å². The van der Waals surface area contributed by atoms with E-state index in [9.17, 15) is 0 Å². The largest absolute Gasteiger partial charge is 0.374 e. The molecule has 1 unspecified atom stereocenters. The van der Waals surface area contributed by atoms with Gasteiger partial charge in [0.15, 0.2) is 6.10 Å². The molecular weight excluding hydrogens is 162 g/mol. The first-order chi connectivity index (χ1) is 6.26. The van der Waals surface area contributed by atoms with Crippen LogP contribution in [0.1, 0.15) is 20.8 Å². The summed E-state index contributed by atoms with van der Waals surface area (Å²) in [5, 5.41) is 17.4. The fourth-order valence-corrected chi connectivity index (χ4v) is 0.641. The van der Waals surface area contributed by atoms with E-state index in [0.29, 0.717) is 5.57 Å². The van der Waals surface area contributed by atoms with Crippen molar-refractivity contribution in [3.8, 4) is 6.07 Å². The Kier molecular flexibility index (Phi) is 11.7. The number of hydrogen-bond acceptors (Lipinski definition) is 2. The van der Waals surface area contributed by atoms with Crippen LogP contribution in [0.15, 0.2) is 36.5 Å². The third-order valence-corrected chi connectivity index (χ3v) is 1.11. The minimum Gasteiger partial charge on any atom is -0.374 e. The van der Waals surface area contributed by atoms with Crippen LogP contribution in [0.3, 0.4) is 0 Å². The summed E-state index contributed by atoms with van der Waals surface area (Å²) in [6.07, 6.45) is 5.53. The van der Waals surface area contributed by atoms with Gasteiger partial charge in [-0.05, 0) is 12.5 Å². The molecule has 0 saturated carbocycles. The maximum absolute atomic E-state index is 9.05. The molecule has 0 heterocycles. The summed E-state index contributed by atoms with van der Waals surface area (Å²) in [6.45, 7) is 9.29. The normalized spacial score (nSPS) is 12.7. The lowest BCUT2D eigenvalue weighted by Gasteiger charge is -1.99. The lowest BCUT2D eigenvalue weighted by molar-refractivity contribution is 0.270. The molecule has 0 aromatic carbocycles. The highest BCUT2D eigenvalue weighted by atomic mass is 16.3. The number of aliphatic hydroxyl groups excluding tert-OH is 1. The Morgan fingerprint density at radius 3 is 2.38 bits per heavy atom. The molecule has 2 heteroatoms. The van der Waals surface area contributed by atoms with Gasteiger partial charge in [0.1, 0.15) is 0 Å². The average Bonchev–Trinajstić information content (AvgIpc) is 2.19. The van der Waals surface area contributed by atoms with Gasteiger partial charge < -0.3 is 5.11 Å². The zero-order valence-corrected chi connectivity index (χ0v) is 8.49. The molecule has 0 spiro atoms. The predicted octanol–water partition coefficient (Wildman–Crippen LogP) is 2.59. The van der Waals surface area contributed by atoms with Crippen LogP contribution < -0.4 is 0 Å². The van der Waals surface area contributed by atoms with Gasteiger partial charge in [-0.1, -0.05) is 44.7 Å². The van der Waals surface area contributed by atoms with Crippen LogP contribution >= 0.6 is 0 Å². The van der Waals surface area contributed by atoms with Crippen molar-refractivity contribution in [3.05, 3.63) is 36.5 Å². The lowest BCUT2D eigenvalue weighted by atomic mass is 10.1. The molecule has 1 N–H and O–H groups in total. The highest BCUT2D eigenvalue weighted by molar-refractivity contribution is 5.30. The van der Waals surface area contributed by atoms with Crippen LogP contribution in [-0.2, 0) is 0 Å². The molecule has 72 valence electrons. The maximum Gasteiger partial charge on any atom is 0.165 e. The van der Waals surface area contributed by atoms with E-state index in [2.05, 4.69) is 6.58 Å². The Balaban J connectivity index is 0. The predicted molar refractivity (Wildman–Crippen MR) is 56.1 cm³/mol. The number of hydrogen-bond donors (Lipinski definition) is 1. The molecule has 0 saturated heterocycles. The molecule has 0 aliphatic rings. The molecule has 0 aromatic rings. The second-order valence-electron chi connectivity index (χ2n) is 1.93. The van der Waals surface area contributed by atoms with E-state index in [-0.39, 0.29) is 0 Å². The Bertz CT molecular complexity index is 221. The summed E-state index contributed by atoms with van der Waals surface area (Å²) < 4.78 is 0. The first-order valence-corrected chi connectivity index (χ1v) is 4.29. The van der Waals surface area contributed by atoms with E-state index < -0.39 is 6.10 Å². The Hall–Kier alpha value is -1.33. The van der Waals surface area contributed by atoms with Gasteiger partial charge in [0.05, 0.1) is 6.07 Å². The van der Waals surface area contributed by atoms with Gasteiger partial charge in [-0.15, -0.1) is 0 Å².